The minimum atomic E-state index is -3.68. The summed E-state index contributed by atoms with van der Waals surface area (Å²) in [6, 6.07) is 9.38. The summed E-state index contributed by atoms with van der Waals surface area (Å²) in [6.07, 6.45) is 0. The highest BCUT2D eigenvalue weighted by Crippen LogP contribution is 2.27. The van der Waals surface area contributed by atoms with Crippen LogP contribution in [0.2, 0.25) is 10.0 Å². The largest absolute Gasteiger partial charge is 0.321 e. The topological polar surface area (TPSA) is 69.7 Å². The summed E-state index contributed by atoms with van der Waals surface area (Å²) in [6.45, 7) is 3.91. The van der Waals surface area contributed by atoms with Crippen LogP contribution < -0.4 is 5.32 Å². The second-order valence-corrected chi connectivity index (χ2v) is 9.52. The van der Waals surface area contributed by atoms with Crippen LogP contribution in [0.1, 0.15) is 15.9 Å². The zero-order valence-electron chi connectivity index (χ0n) is 15.6. The quantitative estimate of drug-likeness (QED) is 0.787. The zero-order chi connectivity index (χ0) is 20.5. The molecular weight excluding hydrogens is 421 g/mol. The standard InChI is InChI=1S/C19H21Cl2N3O3S/c1-13-3-4-14(19(25)22-17-12-15(20)5-6-16(17)21)11-18(13)28(26,27)24-9-7-23(2)8-10-24/h3-6,11-12H,7-10H2,1-2H3,(H,22,25). The summed E-state index contributed by atoms with van der Waals surface area (Å²) in [5.74, 6) is -0.459. The van der Waals surface area contributed by atoms with Crippen molar-refractivity contribution in [1.82, 2.24) is 9.21 Å². The Hall–Kier alpha value is -1.64. The van der Waals surface area contributed by atoms with E-state index >= 15 is 0 Å². The summed E-state index contributed by atoms with van der Waals surface area (Å²) >= 11 is 12.0. The van der Waals surface area contributed by atoms with Crippen molar-refractivity contribution in [2.24, 2.45) is 0 Å². The van der Waals surface area contributed by atoms with E-state index < -0.39 is 15.9 Å². The molecule has 28 heavy (non-hydrogen) atoms. The van der Waals surface area contributed by atoms with Gasteiger partial charge in [-0.15, -0.1) is 0 Å². The second-order valence-electron chi connectivity index (χ2n) is 6.77. The Bertz CT molecular complexity index is 1000. The number of piperazine rings is 1. The first-order valence-electron chi connectivity index (χ1n) is 8.74. The van der Waals surface area contributed by atoms with E-state index in [2.05, 4.69) is 10.2 Å². The van der Waals surface area contributed by atoms with Crippen molar-refractivity contribution >= 4 is 44.8 Å². The van der Waals surface area contributed by atoms with E-state index in [1.807, 2.05) is 7.05 Å². The van der Waals surface area contributed by atoms with Crippen LogP contribution in [0, 0.1) is 6.92 Å². The summed E-state index contributed by atoms with van der Waals surface area (Å²) in [5.41, 5.74) is 1.19. The first kappa shape index (κ1) is 21.1. The third kappa shape index (κ3) is 4.50. The first-order chi connectivity index (χ1) is 13.2. The van der Waals surface area contributed by atoms with Crippen molar-refractivity contribution < 1.29 is 13.2 Å². The maximum Gasteiger partial charge on any atom is 0.255 e. The van der Waals surface area contributed by atoms with Gasteiger partial charge in [0.2, 0.25) is 10.0 Å². The van der Waals surface area contributed by atoms with Gasteiger partial charge in [-0.3, -0.25) is 4.79 Å². The molecule has 0 aliphatic carbocycles. The molecule has 150 valence electrons. The number of rotatable bonds is 4. The fourth-order valence-electron chi connectivity index (χ4n) is 2.97. The molecule has 1 amide bonds. The Labute approximate surface area is 175 Å². The minimum absolute atomic E-state index is 0.141. The molecule has 2 aromatic carbocycles. The number of nitrogens with zero attached hydrogens (tertiary/aromatic N) is 2. The van der Waals surface area contributed by atoms with E-state index in [1.165, 1.54) is 16.4 Å². The van der Waals surface area contributed by atoms with Gasteiger partial charge < -0.3 is 10.2 Å². The Morgan fingerprint density at radius 3 is 2.39 bits per heavy atom. The van der Waals surface area contributed by atoms with Gasteiger partial charge in [-0.2, -0.15) is 4.31 Å². The smallest absolute Gasteiger partial charge is 0.255 e. The van der Waals surface area contributed by atoms with E-state index in [4.69, 9.17) is 23.2 Å². The van der Waals surface area contributed by atoms with Gasteiger partial charge in [0.1, 0.15) is 0 Å². The molecule has 6 nitrogen and oxygen atoms in total. The number of nitrogens with one attached hydrogen (secondary N) is 1. The zero-order valence-corrected chi connectivity index (χ0v) is 17.9. The molecule has 0 spiro atoms. The third-order valence-corrected chi connectivity index (χ3v) is 7.31. The molecular formula is C19H21Cl2N3O3S. The number of halogens is 2. The van der Waals surface area contributed by atoms with Crippen LogP contribution in [0.3, 0.4) is 0 Å². The van der Waals surface area contributed by atoms with Gasteiger partial charge >= 0.3 is 0 Å². The highest BCUT2D eigenvalue weighted by atomic mass is 35.5. The predicted molar refractivity (Wildman–Crippen MR) is 112 cm³/mol. The molecule has 1 aliphatic rings. The number of benzene rings is 2. The van der Waals surface area contributed by atoms with Crippen molar-refractivity contribution in [2.45, 2.75) is 11.8 Å². The highest BCUT2D eigenvalue weighted by molar-refractivity contribution is 7.89. The van der Waals surface area contributed by atoms with Crippen molar-refractivity contribution in [3.8, 4) is 0 Å². The molecule has 1 N–H and O–H groups in total. The van der Waals surface area contributed by atoms with Gasteiger partial charge in [0.25, 0.3) is 5.91 Å². The van der Waals surface area contributed by atoms with E-state index in [0.29, 0.717) is 47.5 Å². The maximum absolute atomic E-state index is 13.1. The van der Waals surface area contributed by atoms with Crippen LogP contribution in [0.25, 0.3) is 0 Å². The second kappa shape index (κ2) is 8.39. The molecule has 0 atom stereocenters. The lowest BCUT2D eigenvalue weighted by Gasteiger charge is -2.32. The van der Waals surface area contributed by atoms with Gasteiger partial charge in [-0.05, 0) is 49.9 Å². The van der Waals surface area contributed by atoms with Gasteiger partial charge in [0.15, 0.2) is 0 Å². The lowest BCUT2D eigenvalue weighted by atomic mass is 10.1. The Kier molecular flexibility index (Phi) is 6.31. The van der Waals surface area contributed by atoms with Gasteiger partial charge in [0, 0.05) is 36.8 Å². The van der Waals surface area contributed by atoms with Gasteiger partial charge in [-0.1, -0.05) is 29.3 Å². The number of anilines is 1. The predicted octanol–water partition coefficient (Wildman–Crippen LogP) is 3.49. The monoisotopic (exact) mass is 441 g/mol. The Morgan fingerprint density at radius 2 is 1.71 bits per heavy atom. The summed E-state index contributed by atoms with van der Waals surface area (Å²) in [5, 5.41) is 3.46. The number of likely N-dealkylation sites (N-methyl/N-ethyl adjacent to an activating group) is 1. The molecule has 3 rings (SSSR count). The average Bonchev–Trinajstić information content (AvgIpc) is 2.65. The van der Waals surface area contributed by atoms with Gasteiger partial charge in [0.05, 0.1) is 15.6 Å². The number of sulfonamides is 1. The molecule has 1 saturated heterocycles. The Morgan fingerprint density at radius 1 is 1.04 bits per heavy atom. The van der Waals surface area contributed by atoms with Crippen molar-refractivity contribution in [3.05, 3.63) is 57.6 Å². The lowest BCUT2D eigenvalue weighted by Crippen LogP contribution is -2.47. The summed E-state index contributed by atoms with van der Waals surface area (Å²) in [4.78, 5) is 14.9. The average molecular weight is 442 g/mol. The number of aryl methyl sites for hydroxylation is 1. The molecule has 2 aromatic rings. The van der Waals surface area contributed by atoms with Crippen molar-refractivity contribution in [2.75, 3.05) is 38.5 Å². The number of amides is 1. The summed E-state index contributed by atoms with van der Waals surface area (Å²) < 4.78 is 27.6. The maximum atomic E-state index is 13.1. The Balaban J connectivity index is 1.88. The van der Waals surface area contributed by atoms with Gasteiger partial charge in [-0.25, -0.2) is 8.42 Å². The molecule has 0 bridgehead atoms. The van der Waals surface area contributed by atoms with Crippen molar-refractivity contribution in [1.29, 1.82) is 0 Å². The van der Waals surface area contributed by atoms with Crippen LogP contribution in [0.4, 0.5) is 5.69 Å². The number of hydrogen-bond acceptors (Lipinski definition) is 4. The normalized spacial score (nSPS) is 16.1. The fourth-order valence-corrected chi connectivity index (χ4v) is 4.98. The lowest BCUT2D eigenvalue weighted by molar-refractivity contribution is 0.102. The van der Waals surface area contributed by atoms with Crippen LogP contribution >= 0.6 is 23.2 Å². The molecule has 0 saturated carbocycles. The van der Waals surface area contributed by atoms with Crippen LogP contribution in [-0.4, -0.2) is 56.8 Å². The van der Waals surface area contributed by atoms with Crippen molar-refractivity contribution in [3.63, 3.8) is 0 Å². The SMILES string of the molecule is Cc1ccc(C(=O)Nc2cc(Cl)ccc2Cl)cc1S(=O)(=O)N1CCN(C)CC1. The molecule has 1 fully saturated rings. The molecule has 9 heteroatoms. The highest BCUT2D eigenvalue weighted by Gasteiger charge is 2.29. The molecule has 1 aliphatic heterocycles. The van der Waals surface area contributed by atoms with E-state index in [-0.39, 0.29) is 10.5 Å². The van der Waals surface area contributed by atoms with E-state index in [0.717, 1.165) is 0 Å². The van der Waals surface area contributed by atoms with E-state index in [1.54, 1.807) is 31.2 Å². The molecule has 0 radical (unpaired) electrons. The first-order valence-corrected chi connectivity index (χ1v) is 10.9. The van der Waals surface area contributed by atoms with E-state index in [9.17, 15) is 13.2 Å². The fraction of sp³-hybridized carbons (Fsp3) is 0.316. The van der Waals surface area contributed by atoms with Crippen LogP contribution in [0.5, 0.6) is 0 Å². The van der Waals surface area contributed by atoms with Crippen LogP contribution in [0.15, 0.2) is 41.3 Å². The minimum Gasteiger partial charge on any atom is -0.321 e. The number of carbonyl (C=O) groups excluding carboxylic acids is 1. The molecule has 1 heterocycles. The summed E-state index contributed by atoms with van der Waals surface area (Å²) in [7, 11) is -1.72. The molecule has 0 aromatic heterocycles. The number of carbonyl (C=O) groups is 1. The number of hydrogen-bond donors (Lipinski definition) is 1. The van der Waals surface area contributed by atoms with Crippen LogP contribution in [-0.2, 0) is 10.0 Å². The molecule has 0 unspecified atom stereocenters. The third-order valence-electron chi connectivity index (χ3n) is 4.71.